The van der Waals surface area contributed by atoms with Gasteiger partial charge in [-0.25, -0.2) is 13.2 Å². The Morgan fingerprint density at radius 1 is 1.37 bits per heavy atom. The summed E-state index contributed by atoms with van der Waals surface area (Å²) in [6.07, 6.45) is 0.262. The summed E-state index contributed by atoms with van der Waals surface area (Å²) in [5, 5.41) is 2.06. The fourth-order valence-electron chi connectivity index (χ4n) is 1.36. The Hall–Kier alpha value is -1.63. The van der Waals surface area contributed by atoms with E-state index in [1.165, 1.54) is 6.92 Å². The van der Waals surface area contributed by atoms with Crippen molar-refractivity contribution in [1.82, 2.24) is 0 Å². The highest BCUT2D eigenvalue weighted by Crippen LogP contribution is 2.26. The van der Waals surface area contributed by atoms with Crippen LogP contribution in [0.1, 0.15) is 20.3 Å². The van der Waals surface area contributed by atoms with E-state index in [-0.39, 0.29) is 11.4 Å². The van der Waals surface area contributed by atoms with Crippen LogP contribution in [0.4, 0.5) is 18.9 Å². The number of carbonyl (C=O) groups is 1. The maximum Gasteiger partial charge on any atom is 0.237 e. The van der Waals surface area contributed by atoms with Gasteiger partial charge in [-0.05, 0) is 13.3 Å². The van der Waals surface area contributed by atoms with E-state index in [1.54, 1.807) is 6.92 Å². The molecule has 0 saturated heterocycles. The maximum absolute atomic E-state index is 13.4. The third-order valence-electron chi connectivity index (χ3n) is 3.00. The Balaban J connectivity index is 3.10. The third-order valence-corrected chi connectivity index (χ3v) is 3.45. The van der Waals surface area contributed by atoms with Crippen molar-refractivity contribution in [1.29, 1.82) is 0 Å². The van der Waals surface area contributed by atoms with Gasteiger partial charge in [-0.1, -0.05) is 19.1 Å². The van der Waals surface area contributed by atoms with E-state index >= 15 is 0 Å². The second kappa shape index (κ2) is 5.56. The molecule has 1 unspecified atom stereocenters. The lowest BCUT2D eigenvalue weighted by atomic mass is 9.86. The lowest BCUT2D eigenvalue weighted by Gasteiger charge is -2.25. The van der Waals surface area contributed by atoms with Crippen LogP contribution in [-0.2, 0) is 4.79 Å². The minimum absolute atomic E-state index is 0.0876. The molecular weight excluding hydrogens is 277 g/mol. The van der Waals surface area contributed by atoms with Gasteiger partial charge in [0.2, 0.25) is 5.91 Å². The standard InChI is InChI=1S/C12H13F3N2OS/c1-3-12(2,10(16)19)11(18)17-9-7(14)4-6(13)5-8(9)15/h4-5H,3H2,1-2H3,(H2,16,19)(H,17,18). The fraction of sp³-hybridized carbons (Fsp3) is 0.333. The summed E-state index contributed by atoms with van der Waals surface area (Å²) in [6.45, 7) is 3.13. The molecule has 1 aromatic carbocycles. The summed E-state index contributed by atoms with van der Waals surface area (Å²) in [4.78, 5) is 11.9. The number of hydrogen-bond acceptors (Lipinski definition) is 2. The molecule has 0 aromatic heterocycles. The SMILES string of the molecule is CCC(C)(C(=O)Nc1c(F)cc(F)cc1F)C(N)=S. The van der Waals surface area contributed by atoms with Crippen molar-refractivity contribution in [3.05, 3.63) is 29.6 Å². The number of rotatable bonds is 4. The number of nitrogens with one attached hydrogen (secondary N) is 1. The van der Waals surface area contributed by atoms with Crippen molar-refractivity contribution in [2.45, 2.75) is 20.3 Å². The van der Waals surface area contributed by atoms with Gasteiger partial charge in [0.15, 0.2) is 11.6 Å². The Bertz CT molecular complexity index is 513. The fourth-order valence-corrected chi connectivity index (χ4v) is 1.60. The first-order valence-corrected chi connectivity index (χ1v) is 5.89. The summed E-state index contributed by atoms with van der Waals surface area (Å²) >= 11 is 4.78. The minimum Gasteiger partial charge on any atom is -0.392 e. The van der Waals surface area contributed by atoms with E-state index in [4.69, 9.17) is 18.0 Å². The summed E-state index contributed by atoms with van der Waals surface area (Å²) in [7, 11) is 0. The molecule has 1 amide bonds. The van der Waals surface area contributed by atoms with Gasteiger partial charge in [-0.2, -0.15) is 0 Å². The number of carbonyl (C=O) groups excluding carboxylic acids is 1. The molecule has 104 valence electrons. The lowest BCUT2D eigenvalue weighted by Crippen LogP contribution is -2.43. The molecule has 0 saturated carbocycles. The highest BCUT2D eigenvalue weighted by molar-refractivity contribution is 7.80. The number of thiocarbonyl (C=S) groups is 1. The molecule has 0 heterocycles. The minimum atomic E-state index is -1.23. The Morgan fingerprint density at radius 3 is 2.21 bits per heavy atom. The molecule has 0 radical (unpaired) electrons. The van der Waals surface area contributed by atoms with Gasteiger partial charge in [0, 0.05) is 12.1 Å². The second-order valence-electron chi connectivity index (χ2n) is 4.25. The topological polar surface area (TPSA) is 55.1 Å². The third kappa shape index (κ3) is 3.04. The predicted molar refractivity (Wildman–Crippen MR) is 70.1 cm³/mol. The number of nitrogens with two attached hydrogens (primary N) is 1. The van der Waals surface area contributed by atoms with E-state index < -0.39 is 34.5 Å². The highest BCUT2D eigenvalue weighted by Gasteiger charge is 2.35. The summed E-state index contributed by atoms with van der Waals surface area (Å²) in [5.74, 6) is -4.22. The van der Waals surface area contributed by atoms with Gasteiger partial charge in [0.1, 0.15) is 11.5 Å². The second-order valence-corrected chi connectivity index (χ2v) is 4.69. The van der Waals surface area contributed by atoms with Crippen molar-refractivity contribution in [3.8, 4) is 0 Å². The molecule has 7 heteroatoms. The normalized spacial score (nSPS) is 13.7. The quantitative estimate of drug-likeness (QED) is 0.838. The Labute approximate surface area is 114 Å². The first-order chi connectivity index (χ1) is 8.72. The maximum atomic E-state index is 13.4. The van der Waals surface area contributed by atoms with E-state index in [0.29, 0.717) is 12.1 Å². The van der Waals surface area contributed by atoms with Gasteiger partial charge < -0.3 is 11.1 Å². The first kappa shape index (κ1) is 15.4. The van der Waals surface area contributed by atoms with Gasteiger partial charge in [-0.3, -0.25) is 4.79 Å². The van der Waals surface area contributed by atoms with Crippen LogP contribution in [0, 0.1) is 22.9 Å². The average Bonchev–Trinajstić information content (AvgIpc) is 2.31. The average molecular weight is 290 g/mol. The predicted octanol–water partition coefficient (Wildman–Crippen LogP) is 2.74. The summed E-state index contributed by atoms with van der Waals surface area (Å²) < 4.78 is 39.6. The molecule has 0 fully saturated rings. The smallest absolute Gasteiger partial charge is 0.237 e. The monoisotopic (exact) mass is 290 g/mol. The number of halogens is 3. The number of hydrogen-bond donors (Lipinski definition) is 2. The molecule has 19 heavy (non-hydrogen) atoms. The van der Waals surface area contributed by atoms with Crippen LogP contribution in [0.15, 0.2) is 12.1 Å². The first-order valence-electron chi connectivity index (χ1n) is 5.48. The number of anilines is 1. The molecule has 0 aliphatic rings. The molecule has 0 spiro atoms. The van der Waals surface area contributed by atoms with E-state index in [0.717, 1.165) is 0 Å². The van der Waals surface area contributed by atoms with Crippen molar-refractivity contribution in [2.75, 3.05) is 5.32 Å². The lowest BCUT2D eigenvalue weighted by molar-refractivity contribution is -0.121. The Morgan fingerprint density at radius 2 is 1.84 bits per heavy atom. The Kier molecular flexibility index (Phi) is 4.52. The van der Waals surface area contributed by atoms with Crippen LogP contribution in [0.3, 0.4) is 0 Å². The van der Waals surface area contributed by atoms with Crippen LogP contribution in [0.2, 0.25) is 0 Å². The van der Waals surface area contributed by atoms with Crippen LogP contribution < -0.4 is 11.1 Å². The molecule has 0 bridgehead atoms. The zero-order chi connectivity index (χ0) is 14.8. The molecule has 1 rings (SSSR count). The zero-order valence-corrected chi connectivity index (χ0v) is 11.2. The van der Waals surface area contributed by atoms with Gasteiger partial charge >= 0.3 is 0 Å². The molecule has 3 nitrogen and oxygen atoms in total. The molecule has 1 atom stereocenters. The summed E-state index contributed by atoms with van der Waals surface area (Å²) in [5.41, 5.74) is 3.51. The van der Waals surface area contributed by atoms with Crippen LogP contribution in [-0.4, -0.2) is 10.9 Å². The van der Waals surface area contributed by atoms with Crippen LogP contribution >= 0.6 is 12.2 Å². The van der Waals surface area contributed by atoms with Gasteiger partial charge in [0.05, 0.1) is 10.4 Å². The van der Waals surface area contributed by atoms with Crippen molar-refractivity contribution in [2.24, 2.45) is 11.1 Å². The molecule has 0 aliphatic carbocycles. The van der Waals surface area contributed by atoms with E-state index in [1.807, 2.05) is 0 Å². The molecule has 1 aromatic rings. The highest BCUT2D eigenvalue weighted by atomic mass is 32.1. The number of benzene rings is 1. The van der Waals surface area contributed by atoms with E-state index in [2.05, 4.69) is 5.32 Å². The van der Waals surface area contributed by atoms with Crippen molar-refractivity contribution >= 4 is 28.8 Å². The summed E-state index contributed by atoms with van der Waals surface area (Å²) in [6, 6.07) is 0.950. The molecule has 3 N–H and O–H groups in total. The van der Waals surface area contributed by atoms with Crippen LogP contribution in [0.25, 0.3) is 0 Å². The van der Waals surface area contributed by atoms with Gasteiger partial charge in [-0.15, -0.1) is 0 Å². The van der Waals surface area contributed by atoms with Crippen molar-refractivity contribution < 1.29 is 18.0 Å². The largest absolute Gasteiger partial charge is 0.392 e. The van der Waals surface area contributed by atoms with E-state index in [9.17, 15) is 18.0 Å². The zero-order valence-electron chi connectivity index (χ0n) is 10.4. The van der Waals surface area contributed by atoms with Crippen molar-refractivity contribution in [3.63, 3.8) is 0 Å². The number of amides is 1. The molecular formula is C12H13F3N2OS. The van der Waals surface area contributed by atoms with Crippen LogP contribution in [0.5, 0.6) is 0 Å². The molecule has 0 aliphatic heterocycles. The van der Waals surface area contributed by atoms with Gasteiger partial charge in [0.25, 0.3) is 0 Å².